The van der Waals surface area contributed by atoms with E-state index in [9.17, 15) is 19.8 Å². The number of fused-ring (bicyclic) bond motifs is 1. The van der Waals surface area contributed by atoms with Gasteiger partial charge in [-0.25, -0.2) is 9.59 Å². The highest BCUT2D eigenvalue weighted by molar-refractivity contribution is 6.31. The van der Waals surface area contributed by atoms with Gasteiger partial charge in [-0.2, -0.15) is 0 Å². The zero-order chi connectivity index (χ0) is 21.4. The predicted molar refractivity (Wildman–Crippen MR) is 119 cm³/mol. The van der Waals surface area contributed by atoms with Crippen LogP contribution in [0.5, 0.6) is 0 Å². The molecule has 4 aromatic carbocycles. The fraction of sp³-hybridized carbons (Fsp3) is 0. The average Bonchev–Trinajstić information content (AvgIpc) is 2.73. The smallest absolute Gasteiger partial charge is 0.336 e. The minimum atomic E-state index is -1.11. The van der Waals surface area contributed by atoms with E-state index in [1.54, 1.807) is 60.7 Å². The molecule has 0 aliphatic rings. The Hall–Kier alpha value is -3.34. The van der Waals surface area contributed by atoms with Crippen LogP contribution in [0, 0.1) is 0 Å². The van der Waals surface area contributed by atoms with Crippen molar-refractivity contribution in [1.82, 2.24) is 0 Å². The molecule has 2 N–H and O–H groups in total. The Morgan fingerprint density at radius 1 is 0.567 bits per heavy atom. The van der Waals surface area contributed by atoms with Gasteiger partial charge in [-0.1, -0.05) is 59.6 Å². The summed E-state index contributed by atoms with van der Waals surface area (Å²) in [5.41, 5.74) is 2.26. The van der Waals surface area contributed by atoms with Crippen LogP contribution >= 0.6 is 23.2 Å². The van der Waals surface area contributed by atoms with E-state index in [2.05, 4.69) is 0 Å². The molecule has 0 amide bonds. The van der Waals surface area contributed by atoms with Crippen molar-refractivity contribution >= 4 is 45.9 Å². The summed E-state index contributed by atoms with van der Waals surface area (Å²) in [7, 11) is 0. The van der Waals surface area contributed by atoms with Crippen molar-refractivity contribution in [2.75, 3.05) is 0 Å². The summed E-state index contributed by atoms with van der Waals surface area (Å²) in [6, 6.07) is 20.0. The molecule has 0 fully saturated rings. The van der Waals surface area contributed by atoms with Crippen molar-refractivity contribution in [3.8, 4) is 22.3 Å². The first kappa shape index (κ1) is 20.0. The van der Waals surface area contributed by atoms with E-state index in [1.165, 1.54) is 12.1 Å². The SMILES string of the molecule is O=C(O)c1ccc2ccc(C(=O)O)c(-c3ccc(Cl)cc3)c2c1-c1ccc(Cl)cc1. The molecule has 30 heavy (non-hydrogen) atoms. The van der Waals surface area contributed by atoms with Crippen LogP contribution in [-0.2, 0) is 0 Å². The van der Waals surface area contributed by atoms with E-state index >= 15 is 0 Å². The van der Waals surface area contributed by atoms with Crippen LogP contribution in [-0.4, -0.2) is 22.2 Å². The number of carbonyl (C=O) groups is 2. The van der Waals surface area contributed by atoms with Gasteiger partial charge in [-0.3, -0.25) is 0 Å². The van der Waals surface area contributed by atoms with Crippen LogP contribution in [0.2, 0.25) is 10.0 Å². The molecule has 0 bridgehead atoms. The number of halogens is 2. The van der Waals surface area contributed by atoms with Gasteiger partial charge in [0.15, 0.2) is 0 Å². The third kappa shape index (κ3) is 3.52. The van der Waals surface area contributed by atoms with Crippen LogP contribution in [0.1, 0.15) is 20.7 Å². The Morgan fingerprint density at radius 2 is 0.933 bits per heavy atom. The highest BCUT2D eigenvalue weighted by atomic mass is 35.5. The standard InChI is InChI=1S/C24H14Cl2O4/c25-16-7-1-13(2-8-16)20-18(23(27)28)11-5-15-6-12-19(24(29)30)21(22(15)20)14-3-9-17(26)10-4-14/h1-12H,(H,27,28)(H,29,30). The normalized spacial score (nSPS) is 10.9. The minimum absolute atomic E-state index is 0.0718. The van der Waals surface area contributed by atoms with Gasteiger partial charge in [0.05, 0.1) is 11.1 Å². The van der Waals surface area contributed by atoms with Crippen molar-refractivity contribution in [3.05, 3.63) is 94.0 Å². The topological polar surface area (TPSA) is 74.6 Å². The third-order valence-electron chi connectivity index (χ3n) is 4.91. The zero-order valence-corrected chi connectivity index (χ0v) is 16.9. The molecule has 0 heterocycles. The molecular weight excluding hydrogens is 423 g/mol. The van der Waals surface area contributed by atoms with Gasteiger partial charge in [0.25, 0.3) is 0 Å². The monoisotopic (exact) mass is 436 g/mol. The highest BCUT2D eigenvalue weighted by Crippen LogP contribution is 2.41. The van der Waals surface area contributed by atoms with Crippen LogP contribution < -0.4 is 0 Å². The first-order valence-electron chi connectivity index (χ1n) is 8.95. The lowest BCUT2D eigenvalue weighted by Gasteiger charge is -2.17. The van der Waals surface area contributed by atoms with Crippen molar-refractivity contribution in [2.24, 2.45) is 0 Å². The second-order valence-electron chi connectivity index (χ2n) is 6.70. The van der Waals surface area contributed by atoms with Gasteiger partial charge in [0.1, 0.15) is 0 Å². The molecule has 4 aromatic rings. The lowest BCUT2D eigenvalue weighted by Crippen LogP contribution is -2.04. The molecule has 0 saturated heterocycles. The van der Waals surface area contributed by atoms with Crippen molar-refractivity contribution < 1.29 is 19.8 Å². The van der Waals surface area contributed by atoms with Gasteiger partial charge in [-0.15, -0.1) is 0 Å². The first-order valence-corrected chi connectivity index (χ1v) is 9.70. The molecule has 0 aromatic heterocycles. The van der Waals surface area contributed by atoms with Gasteiger partial charge in [-0.05, 0) is 58.3 Å². The summed E-state index contributed by atoms with van der Waals surface area (Å²) < 4.78 is 0. The molecule has 0 radical (unpaired) electrons. The molecule has 0 aliphatic heterocycles. The first-order chi connectivity index (χ1) is 14.4. The van der Waals surface area contributed by atoms with E-state index < -0.39 is 11.9 Å². The van der Waals surface area contributed by atoms with E-state index in [4.69, 9.17) is 23.2 Å². The van der Waals surface area contributed by atoms with Crippen molar-refractivity contribution in [1.29, 1.82) is 0 Å². The fourth-order valence-corrected chi connectivity index (χ4v) is 3.86. The van der Waals surface area contributed by atoms with Crippen LogP contribution in [0.4, 0.5) is 0 Å². The molecular formula is C24H14Cl2O4. The maximum absolute atomic E-state index is 12.1. The number of benzene rings is 4. The van der Waals surface area contributed by atoms with Crippen LogP contribution in [0.25, 0.3) is 33.0 Å². The lowest BCUT2D eigenvalue weighted by atomic mass is 9.86. The van der Waals surface area contributed by atoms with Gasteiger partial charge in [0.2, 0.25) is 0 Å². The maximum Gasteiger partial charge on any atom is 0.336 e. The molecule has 4 rings (SSSR count). The summed E-state index contributed by atoms with van der Waals surface area (Å²) in [5.74, 6) is -2.21. The Bertz CT molecular complexity index is 1200. The largest absolute Gasteiger partial charge is 0.478 e. The zero-order valence-electron chi connectivity index (χ0n) is 15.4. The quantitative estimate of drug-likeness (QED) is 0.365. The molecule has 0 atom stereocenters. The summed E-state index contributed by atoms with van der Waals surface area (Å²) in [4.78, 5) is 24.1. The Morgan fingerprint density at radius 3 is 1.27 bits per heavy atom. The molecule has 4 nitrogen and oxygen atoms in total. The van der Waals surface area contributed by atoms with E-state index in [1.807, 2.05) is 0 Å². The lowest BCUT2D eigenvalue weighted by molar-refractivity contribution is 0.0687. The Kier molecular flexibility index (Phi) is 5.20. The maximum atomic E-state index is 12.1. The summed E-state index contributed by atoms with van der Waals surface area (Å²) in [5, 5.41) is 22.0. The average molecular weight is 437 g/mol. The number of aromatic carboxylic acids is 2. The highest BCUT2D eigenvalue weighted by Gasteiger charge is 2.22. The summed E-state index contributed by atoms with van der Waals surface area (Å²) in [6.45, 7) is 0. The minimum Gasteiger partial charge on any atom is -0.478 e. The van der Waals surface area contributed by atoms with Crippen molar-refractivity contribution in [3.63, 3.8) is 0 Å². The Labute approximate surface area is 181 Å². The van der Waals surface area contributed by atoms with Crippen LogP contribution in [0.3, 0.4) is 0 Å². The summed E-state index contributed by atoms with van der Waals surface area (Å²) >= 11 is 12.0. The van der Waals surface area contributed by atoms with Gasteiger partial charge < -0.3 is 10.2 Å². The fourth-order valence-electron chi connectivity index (χ4n) is 3.61. The third-order valence-corrected chi connectivity index (χ3v) is 5.42. The molecule has 0 unspecified atom stereocenters. The van der Waals surface area contributed by atoms with Crippen molar-refractivity contribution in [2.45, 2.75) is 0 Å². The van der Waals surface area contributed by atoms with Crippen LogP contribution in [0.15, 0.2) is 72.8 Å². The molecule has 0 spiro atoms. The molecule has 0 saturated carbocycles. The number of hydrogen-bond donors (Lipinski definition) is 2. The van der Waals surface area contributed by atoms with E-state index in [-0.39, 0.29) is 11.1 Å². The summed E-state index contributed by atoms with van der Waals surface area (Å²) in [6.07, 6.45) is 0. The molecule has 148 valence electrons. The van der Waals surface area contributed by atoms with E-state index in [0.29, 0.717) is 37.7 Å². The molecule has 0 aliphatic carbocycles. The molecule has 6 heteroatoms. The number of rotatable bonds is 4. The number of carboxylic acid groups (broad SMARTS) is 2. The Balaban J connectivity index is 2.22. The predicted octanol–water partition coefficient (Wildman–Crippen LogP) is 6.88. The van der Waals surface area contributed by atoms with Gasteiger partial charge >= 0.3 is 11.9 Å². The number of carboxylic acids is 2. The second kappa shape index (κ2) is 7.82. The van der Waals surface area contributed by atoms with Gasteiger partial charge in [0, 0.05) is 21.2 Å². The van der Waals surface area contributed by atoms with E-state index in [0.717, 1.165) is 5.39 Å². The number of hydrogen-bond acceptors (Lipinski definition) is 2. The second-order valence-corrected chi connectivity index (χ2v) is 7.57.